The van der Waals surface area contributed by atoms with Crippen LogP contribution in [0, 0.1) is 5.41 Å². The van der Waals surface area contributed by atoms with Crippen LogP contribution in [0.15, 0.2) is 0 Å². The third kappa shape index (κ3) is 10.2. The second-order valence-electron chi connectivity index (χ2n) is 6.16. The summed E-state index contributed by atoms with van der Waals surface area (Å²) in [4.78, 5) is 0. The molecule has 0 saturated carbocycles. The van der Waals surface area contributed by atoms with Crippen molar-refractivity contribution in [2.24, 2.45) is 5.41 Å². The minimum absolute atomic E-state index is 0.118. The Hall–Kier alpha value is -0.210. The van der Waals surface area contributed by atoms with Crippen LogP contribution in [-0.2, 0) is 14.9 Å². The van der Waals surface area contributed by atoms with Crippen LogP contribution in [0.25, 0.3) is 0 Å². The molecule has 0 aromatic heterocycles. The Kier molecular flexibility index (Phi) is 10.4. The first kappa shape index (κ1) is 20.8. The van der Waals surface area contributed by atoms with E-state index in [0.29, 0.717) is 19.7 Å². The van der Waals surface area contributed by atoms with Gasteiger partial charge in [0.2, 0.25) is 0 Å². The van der Waals surface area contributed by atoms with Gasteiger partial charge >= 0.3 is 0 Å². The van der Waals surface area contributed by atoms with Crippen LogP contribution in [0.3, 0.4) is 0 Å². The lowest BCUT2D eigenvalue weighted by atomic mass is 9.90. The van der Waals surface area contributed by atoms with Crippen LogP contribution in [0.4, 0.5) is 0 Å². The molecule has 7 heteroatoms. The molecule has 0 spiro atoms. The Morgan fingerprint density at radius 1 is 1.24 bits per heavy atom. The van der Waals surface area contributed by atoms with Gasteiger partial charge in [-0.15, -0.1) is 0 Å². The molecule has 6 nitrogen and oxygen atoms in total. The summed E-state index contributed by atoms with van der Waals surface area (Å²) in [7, 11) is -0.128. The number of methoxy groups -OCH3 is 1. The molecular formula is C14H33N3O3S. The second-order valence-corrected chi connectivity index (χ2v) is 8.02. The highest BCUT2D eigenvalue weighted by molar-refractivity contribution is 7.87. The van der Waals surface area contributed by atoms with Crippen molar-refractivity contribution in [2.75, 3.05) is 46.9 Å². The van der Waals surface area contributed by atoms with Crippen LogP contribution >= 0.6 is 0 Å². The summed E-state index contributed by atoms with van der Waals surface area (Å²) in [6.45, 7) is 9.55. The maximum absolute atomic E-state index is 12.1. The first-order valence-electron chi connectivity index (χ1n) is 7.66. The van der Waals surface area contributed by atoms with Crippen LogP contribution < -0.4 is 10.0 Å². The highest BCUT2D eigenvalue weighted by Gasteiger charge is 2.23. The molecule has 0 heterocycles. The third-order valence-electron chi connectivity index (χ3n) is 3.38. The van der Waals surface area contributed by atoms with Gasteiger partial charge in [0, 0.05) is 33.9 Å². The van der Waals surface area contributed by atoms with Gasteiger partial charge in [-0.05, 0) is 37.8 Å². The van der Waals surface area contributed by atoms with Crippen molar-refractivity contribution in [3.05, 3.63) is 0 Å². The summed E-state index contributed by atoms with van der Waals surface area (Å²) in [6.07, 6.45) is 2.72. The molecule has 0 aliphatic rings. The van der Waals surface area contributed by atoms with Gasteiger partial charge in [0.1, 0.15) is 0 Å². The lowest BCUT2D eigenvalue weighted by molar-refractivity contribution is 0.153. The minimum Gasteiger partial charge on any atom is -0.385 e. The zero-order valence-electron chi connectivity index (χ0n) is 14.2. The van der Waals surface area contributed by atoms with E-state index in [1.807, 2.05) is 13.8 Å². The van der Waals surface area contributed by atoms with Gasteiger partial charge in [0.05, 0.1) is 0 Å². The Bertz CT molecular complexity index is 358. The van der Waals surface area contributed by atoms with Crippen molar-refractivity contribution in [3.63, 3.8) is 0 Å². The zero-order valence-corrected chi connectivity index (χ0v) is 15.1. The first-order valence-corrected chi connectivity index (χ1v) is 9.10. The normalized spacial score (nSPS) is 13.0. The van der Waals surface area contributed by atoms with Gasteiger partial charge in [-0.25, -0.2) is 4.72 Å². The maximum atomic E-state index is 12.1. The Morgan fingerprint density at radius 2 is 1.90 bits per heavy atom. The topological polar surface area (TPSA) is 70.7 Å². The summed E-state index contributed by atoms with van der Waals surface area (Å²) < 4.78 is 33.4. The largest absolute Gasteiger partial charge is 0.385 e. The zero-order chi connectivity index (χ0) is 16.4. The monoisotopic (exact) mass is 323 g/mol. The number of ether oxygens (including phenoxy) is 1. The molecule has 21 heavy (non-hydrogen) atoms. The van der Waals surface area contributed by atoms with Crippen LogP contribution in [0.2, 0.25) is 0 Å². The van der Waals surface area contributed by atoms with Crippen molar-refractivity contribution in [3.8, 4) is 0 Å². The van der Waals surface area contributed by atoms with Gasteiger partial charge in [-0.3, -0.25) is 0 Å². The maximum Gasteiger partial charge on any atom is 0.279 e. The number of hydrogen-bond donors (Lipinski definition) is 2. The highest BCUT2D eigenvalue weighted by Crippen LogP contribution is 2.19. The van der Waals surface area contributed by atoms with Crippen molar-refractivity contribution in [2.45, 2.75) is 40.0 Å². The fourth-order valence-corrected chi connectivity index (χ4v) is 2.88. The third-order valence-corrected chi connectivity index (χ3v) is 4.89. The molecule has 0 rings (SSSR count). The summed E-state index contributed by atoms with van der Waals surface area (Å²) >= 11 is 0. The molecule has 0 fully saturated rings. The minimum atomic E-state index is -3.40. The number of nitrogens with zero attached hydrogens (tertiary/aromatic N) is 1. The van der Waals surface area contributed by atoms with Gasteiger partial charge in [0.15, 0.2) is 0 Å². The molecule has 2 N–H and O–H groups in total. The Morgan fingerprint density at radius 3 is 2.48 bits per heavy atom. The fraction of sp³-hybridized carbons (Fsp3) is 1.00. The van der Waals surface area contributed by atoms with E-state index < -0.39 is 10.2 Å². The number of hydrogen-bond acceptors (Lipinski definition) is 4. The summed E-state index contributed by atoms with van der Waals surface area (Å²) in [5, 5.41) is 3.27. The first-order chi connectivity index (χ1) is 9.75. The van der Waals surface area contributed by atoms with Gasteiger partial charge < -0.3 is 10.1 Å². The molecule has 0 aromatic rings. The fourth-order valence-electron chi connectivity index (χ4n) is 1.71. The van der Waals surface area contributed by atoms with E-state index in [-0.39, 0.29) is 5.41 Å². The highest BCUT2D eigenvalue weighted by atomic mass is 32.2. The van der Waals surface area contributed by atoms with Crippen molar-refractivity contribution >= 4 is 10.2 Å². The molecule has 0 aromatic carbocycles. The van der Waals surface area contributed by atoms with Crippen LogP contribution in [-0.4, -0.2) is 59.7 Å². The number of nitrogens with one attached hydrogen (secondary N) is 2. The number of rotatable bonds is 13. The average molecular weight is 324 g/mol. The summed E-state index contributed by atoms with van der Waals surface area (Å²) in [5.74, 6) is 0. The standard InChI is InChI=1S/C14H33N3O3S/c1-6-9-15-10-7-11-17(4)21(18,19)16-13-14(2,3)8-12-20-5/h15-16H,6-13H2,1-5H3. The molecule has 0 saturated heterocycles. The molecule has 0 aliphatic carbocycles. The van der Waals surface area contributed by atoms with E-state index in [2.05, 4.69) is 17.0 Å². The van der Waals surface area contributed by atoms with E-state index in [4.69, 9.17) is 4.74 Å². The predicted octanol–water partition coefficient (Wildman–Crippen LogP) is 1.21. The predicted molar refractivity (Wildman–Crippen MR) is 87.6 cm³/mol. The van der Waals surface area contributed by atoms with Crippen molar-refractivity contribution < 1.29 is 13.2 Å². The average Bonchev–Trinajstić information content (AvgIpc) is 2.43. The molecule has 0 atom stereocenters. The molecule has 0 unspecified atom stereocenters. The molecule has 0 aliphatic heterocycles. The lowest BCUT2D eigenvalue weighted by Gasteiger charge is -2.26. The van der Waals surface area contributed by atoms with Crippen molar-refractivity contribution in [1.29, 1.82) is 0 Å². The summed E-state index contributed by atoms with van der Waals surface area (Å²) in [5.41, 5.74) is -0.118. The Balaban J connectivity index is 4.10. The quantitative estimate of drug-likeness (QED) is 0.500. The van der Waals surface area contributed by atoms with Gasteiger partial charge in [-0.2, -0.15) is 12.7 Å². The van der Waals surface area contributed by atoms with Gasteiger partial charge in [0.25, 0.3) is 10.2 Å². The smallest absolute Gasteiger partial charge is 0.279 e. The van der Waals surface area contributed by atoms with E-state index >= 15 is 0 Å². The lowest BCUT2D eigenvalue weighted by Crippen LogP contribution is -2.43. The second kappa shape index (κ2) is 10.5. The Labute approximate surface area is 130 Å². The molecular weight excluding hydrogens is 290 g/mol. The van der Waals surface area contributed by atoms with Gasteiger partial charge in [-0.1, -0.05) is 20.8 Å². The summed E-state index contributed by atoms with van der Waals surface area (Å²) in [6, 6.07) is 0. The molecule has 0 amide bonds. The van der Waals surface area contributed by atoms with E-state index in [0.717, 1.165) is 32.4 Å². The van der Waals surface area contributed by atoms with E-state index in [1.165, 1.54) is 4.31 Å². The van der Waals surface area contributed by atoms with Crippen LogP contribution in [0.1, 0.15) is 40.0 Å². The van der Waals surface area contributed by atoms with E-state index in [1.54, 1.807) is 14.2 Å². The molecule has 128 valence electrons. The SMILES string of the molecule is CCCNCCCN(C)S(=O)(=O)NCC(C)(C)CCOC. The van der Waals surface area contributed by atoms with E-state index in [9.17, 15) is 8.42 Å². The molecule has 0 radical (unpaired) electrons. The van der Waals surface area contributed by atoms with Crippen LogP contribution in [0.5, 0.6) is 0 Å². The van der Waals surface area contributed by atoms with Crippen molar-refractivity contribution in [1.82, 2.24) is 14.3 Å². The molecule has 0 bridgehead atoms.